The van der Waals surface area contributed by atoms with E-state index in [2.05, 4.69) is 43.1 Å². The first-order chi connectivity index (χ1) is 8.09. The van der Waals surface area contributed by atoms with Crippen molar-refractivity contribution in [3.05, 3.63) is 0 Å². The van der Waals surface area contributed by atoms with E-state index < -0.39 is 0 Å². The highest BCUT2D eigenvalue weighted by atomic mass is 15.1. The van der Waals surface area contributed by atoms with Crippen LogP contribution in [0.3, 0.4) is 0 Å². The van der Waals surface area contributed by atoms with Crippen molar-refractivity contribution in [1.29, 1.82) is 0 Å². The molecule has 0 aliphatic carbocycles. The van der Waals surface area contributed by atoms with Crippen molar-refractivity contribution in [3.8, 4) is 0 Å². The van der Waals surface area contributed by atoms with E-state index >= 15 is 0 Å². The van der Waals surface area contributed by atoms with Gasteiger partial charge in [-0.3, -0.25) is 0 Å². The van der Waals surface area contributed by atoms with Gasteiger partial charge >= 0.3 is 0 Å². The van der Waals surface area contributed by atoms with Gasteiger partial charge in [-0.15, -0.1) is 0 Å². The molecule has 3 heteroatoms. The Morgan fingerprint density at radius 2 is 1.82 bits per heavy atom. The van der Waals surface area contributed by atoms with Crippen LogP contribution in [0.2, 0.25) is 0 Å². The Labute approximate surface area is 108 Å². The molecule has 0 bridgehead atoms. The lowest BCUT2D eigenvalue weighted by Gasteiger charge is -2.26. The molecular formula is C14H31N3. The Hall–Kier alpha value is -0.120. The maximum absolute atomic E-state index is 3.71. The van der Waals surface area contributed by atoms with Gasteiger partial charge < -0.3 is 15.1 Å². The Bertz CT molecular complexity index is 186. The summed E-state index contributed by atoms with van der Waals surface area (Å²) < 4.78 is 0. The molecule has 0 radical (unpaired) electrons. The van der Waals surface area contributed by atoms with E-state index in [9.17, 15) is 0 Å². The molecule has 1 unspecified atom stereocenters. The minimum absolute atomic E-state index is 0.628. The van der Waals surface area contributed by atoms with E-state index in [0.29, 0.717) is 12.0 Å². The summed E-state index contributed by atoms with van der Waals surface area (Å²) in [5.74, 6) is 0.712. The van der Waals surface area contributed by atoms with E-state index in [-0.39, 0.29) is 0 Å². The van der Waals surface area contributed by atoms with Crippen LogP contribution < -0.4 is 5.32 Å². The van der Waals surface area contributed by atoms with E-state index in [0.717, 1.165) is 13.1 Å². The normalized spacial score (nSPS) is 19.4. The third kappa shape index (κ3) is 6.39. The zero-order chi connectivity index (χ0) is 12.7. The van der Waals surface area contributed by atoms with Crippen molar-refractivity contribution in [1.82, 2.24) is 15.1 Å². The second kappa shape index (κ2) is 8.06. The molecule has 1 aliphatic heterocycles. The molecule has 0 aromatic heterocycles. The molecule has 1 aliphatic rings. The van der Waals surface area contributed by atoms with Crippen LogP contribution in [0, 0.1) is 5.92 Å². The van der Waals surface area contributed by atoms with Crippen molar-refractivity contribution < 1.29 is 0 Å². The van der Waals surface area contributed by atoms with Crippen molar-refractivity contribution in [2.75, 3.05) is 46.8 Å². The van der Waals surface area contributed by atoms with Crippen LogP contribution in [-0.4, -0.2) is 62.7 Å². The number of likely N-dealkylation sites (tertiary alicyclic amines) is 1. The van der Waals surface area contributed by atoms with Gasteiger partial charge in [0, 0.05) is 12.6 Å². The maximum Gasteiger partial charge on any atom is 0.0217 e. The predicted molar refractivity (Wildman–Crippen MR) is 75.5 cm³/mol. The monoisotopic (exact) mass is 241 g/mol. The summed E-state index contributed by atoms with van der Waals surface area (Å²) in [6, 6.07) is 0.628. The van der Waals surface area contributed by atoms with E-state index in [4.69, 9.17) is 0 Å². The molecule has 3 nitrogen and oxygen atoms in total. The summed E-state index contributed by atoms with van der Waals surface area (Å²) in [4.78, 5) is 4.87. The molecule has 0 aromatic rings. The molecule has 1 heterocycles. The van der Waals surface area contributed by atoms with Crippen LogP contribution in [0.25, 0.3) is 0 Å². The highest BCUT2D eigenvalue weighted by Gasteiger charge is 2.14. The van der Waals surface area contributed by atoms with Crippen LogP contribution in [0.1, 0.15) is 33.1 Å². The largest absolute Gasteiger partial charge is 0.312 e. The van der Waals surface area contributed by atoms with Crippen molar-refractivity contribution in [2.45, 2.75) is 39.2 Å². The molecule has 0 saturated carbocycles. The average molecular weight is 241 g/mol. The molecule has 0 spiro atoms. The quantitative estimate of drug-likeness (QED) is 0.652. The lowest BCUT2D eigenvalue weighted by molar-refractivity contribution is 0.278. The molecule has 17 heavy (non-hydrogen) atoms. The first kappa shape index (κ1) is 14.9. The highest BCUT2D eigenvalue weighted by molar-refractivity contribution is 4.73. The minimum Gasteiger partial charge on any atom is -0.312 e. The number of hydrogen-bond acceptors (Lipinski definition) is 3. The van der Waals surface area contributed by atoms with Crippen LogP contribution >= 0.6 is 0 Å². The fraction of sp³-hybridized carbons (Fsp3) is 1.00. The number of likely N-dealkylation sites (N-methyl/N-ethyl adjacent to an activating group) is 1. The van der Waals surface area contributed by atoms with Crippen molar-refractivity contribution >= 4 is 0 Å². The third-order valence-electron chi connectivity index (χ3n) is 3.62. The smallest absolute Gasteiger partial charge is 0.0217 e. The fourth-order valence-corrected chi connectivity index (χ4v) is 2.50. The lowest BCUT2D eigenvalue weighted by atomic mass is 10.0. The van der Waals surface area contributed by atoms with Crippen LogP contribution in [0.5, 0.6) is 0 Å². The molecule has 102 valence electrons. The highest BCUT2D eigenvalue weighted by Crippen LogP contribution is 2.07. The molecule has 1 rings (SSSR count). The van der Waals surface area contributed by atoms with E-state index in [1.54, 1.807) is 0 Å². The summed E-state index contributed by atoms with van der Waals surface area (Å²) in [5, 5.41) is 3.71. The first-order valence-corrected chi connectivity index (χ1v) is 7.20. The second-order valence-electron chi connectivity index (χ2n) is 5.97. The lowest BCUT2D eigenvalue weighted by Crippen LogP contribution is -2.42. The van der Waals surface area contributed by atoms with Gasteiger partial charge in [0.05, 0.1) is 0 Å². The van der Waals surface area contributed by atoms with Gasteiger partial charge in [0.1, 0.15) is 0 Å². The molecule has 0 amide bonds. The fourth-order valence-electron chi connectivity index (χ4n) is 2.50. The summed E-state index contributed by atoms with van der Waals surface area (Å²) in [6.07, 6.45) is 4.10. The van der Waals surface area contributed by atoms with Gasteiger partial charge in [-0.1, -0.05) is 13.8 Å². The Morgan fingerprint density at radius 3 is 2.35 bits per heavy atom. The third-order valence-corrected chi connectivity index (χ3v) is 3.62. The topological polar surface area (TPSA) is 18.5 Å². The number of nitrogens with zero attached hydrogens (tertiary/aromatic N) is 2. The standard InChI is InChI=1S/C14H31N3/c1-13(2)14(12-16(3)4)15-8-7-11-17-9-5-6-10-17/h13-15H,5-12H2,1-4H3. The van der Waals surface area contributed by atoms with Gasteiger partial charge in [-0.25, -0.2) is 0 Å². The van der Waals surface area contributed by atoms with Crippen LogP contribution in [0.4, 0.5) is 0 Å². The van der Waals surface area contributed by atoms with Gasteiger partial charge in [0.25, 0.3) is 0 Å². The SMILES string of the molecule is CC(C)C(CN(C)C)NCCCN1CCCC1. The Balaban J connectivity index is 2.09. The van der Waals surface area contributed by atoms with Gasteiger partial charge in [0.15, 0.2) is 0 Å². The first-order valence-electron chi connectivity index (χ1n) is 7.20. The zero-order valence-electron chi connectivity index (χ0n) is 12.2. The minimum atomic E-state index is 0.628. The van der Waals surface area contributed by atoms with Crippen LogP contribution in [-0.2, 0) is 0 Å². The number of rotatable bonds is 8. The summed E-state index contributed by atoms with van der Waals surface area (Å²) in [6.45, 7) is 10.8. The number of hydrogen-bond donors (Lipinski definition) is 1. The molecule has 1 atom stereocenters. The van der Waals surface area contributed by atoms with Crippen LogP contribution in [0.15, 0.2) is 0 Å². The average Bonchev–Trinajstić information content (AvgIpc) is 2.74. The molecule has 1 fully saturated rings. The molecule has 1 saturated heterocycles. The van der Waals surface area contributed by atoms with Gasteiger partial charge in [-0.2, -0.15) is 0 Å². The summed E-state index contributed by atoms with van der Waals surface area (Å²) >= 11 is 0. The summed E-state index contributed by atoms with van der Waals surface area (Å²) in [5.41, 5.74) is 0. The number of nitrogens with one attached hydrogen (secondary N) is 1. The molecular weight excluding hydrogens is 210 g/mol. The van der Waals surface area contributed by atoms with Gasteiger partial charge in [-0.05, 0) is 65.5 Å². The van der Waals surface area contributed by atoms with E-state index in [1.807, 2.05) is 0 Å². The Kier molecular flexibility index (Phi) is 7.09. The molecule has 0 aromatic carbocycles. The maximum atomic E-state index is 3.71. The molecule has 1 N–H and O–H groups in total. The van der Waals surface area contributed by atoms with E-state index in [1.165, 1.54) is 38.9 Å². The zero-order valence-corrected chi connectivity index (χ0v) is 12.2. The Morgan fingerprint density at radius 1 is 1.18 bits per heavy atom. The summed E-state index contributed by atoms with van der Waals surface area (Å²) in [7, 11) is 4.31. The van der Waals surface area contributed by atoms with Gasteiger partial charge in [0.2, 0.25) is 0 Å². The van der Waals surface area contributed by atoms with Crippen molar-refractivity contribution in [3.63, 3.8) is 0 Å². The second-order valence-corrected chi connectivity index (χ2v) is 5.97. The van der Waals surface area contributed by atoms with Crippen molar-refractivity contribution in [2.24, 2.45) is 5.92 Å². The predicted octanol–water partition coefficient (Wildman–Crippen LogP) is 1.65.